The van der Waals surface area contributed by atoms with Crippen LogP contribution in [0.25, 0.3) is 11.4 Å². The number of hydrogen-bond acceptors (Lipinski definition) is 10. The van der Waals surface area contributed by atoms with Gasteiger partial charge in [0.1, 0.15) is 0 Å². The van der Waals surface area contributed by atoms with Gasteiger partial charge in [0.05, 0.1) is 18.3 Å². The summed E-state index contributed by atoms with van der Waals surface area (Å²) in [5.41, 5.74) is 0.977. The Morgan fingerprint density at radius 2 is 2.14 bits per heavy atom. The molecular weight excluding hydrogens is 412 g/mol. The number of carbonyl (C=O) groups excluding carboxylic acids is 1. The van der Waals surface area contributed by atoms with E-state index in [1.807, 2.05) is 26.4 Å². The molecule has 10 nitrogen and oxygen atoms in total. The van der Waals surface area contributed by atoms with E-state index in [4.69, 9.17) is 4.52 Å². The molecule has 0 N–H and O–H groups in total. The summed E-state index contributed by atoms with van der Waals surface area (Å²) in [6.07, 6.45) is 2.23. The second-order valence-electron chi connectivity index (χ2n) is 7.11. The van der Waals surface area contributed by atoms with Gasteiger partial charge in [0.25, 0.3) is 0 Å². The number of aromatic nitrogens is 6. The molecule has 1 aliphatic heterocycles. The zero-order chi connectivity index (χ0) is 19.6. The number of carbonyl (C=O) groups is 1. The summed E-state index contributed by atoms with van der Waals surface area (Å²) in [5, 5.41) is 20.6. The van der Waals surface area contributed by atoms with Crippen LogP contribution in [0.3, 0.4) is 0 Å². The molecule has 0 spiro atoms. The molecular formula is C17H20N8O2S2. The van der Waals surface area contributed by atoms with Crippen molar-refractivity contribution in [2.75, 3.05) is 31.9 Å². The lowest BCUT2D eigenvalue weighted by Crippen LogP contribution is -2.48. The maximum atomic E-state index is 12.6. The second-order valence-corrected chi connectivity index (χ2v) is 8.83. The van der Waals surface area contributed by atoms with Gasteiger partial charge in [-0.2, -0.15) is 16.3 Å². The fraction of sp³-hybridized carbons (Fsp3) is 0.529. The van der Waals surface area contributed by atoms with Gasteiger partial charge < -0.3 is 9.42 Å². The average molecular weight is 433 g/mol. The molecule has 0 radical (unpaired) electrons. The number of tetrazole rings is 1. The fourth-order valence-corrected chi connectivity index (χ4v) is 4.70. The monoisotopic (exact) mass is 432 g/mol. The van der Waals surface area contributed by atoms with Crippen LogP contribution in [-0.2, 0) is 11.3 Å². The van der Waals surface area contributed by atoms with Gasteiger partial charge in [0.2, 0.25) is 22.8 Å². The molecule has 12 heteroatoms. The van der Waals surface area contributed by atoms with E-state index in [2.05, 4.69) is 30.6 Å². The minimum atomic E-state index is 0.123. The van der Waals surface area contributed by atoms with Crippen LogP contribution in [0.15, 0.2) is 26.5 Å². The molecule has 4 heterocycles. The van der Waals surface area contributed by atoms with E-state index in [0.29, 0.717) is 43.1 Å². The van der Waals surface area contributed by atoms with Crippen molar-refractivity contribution in [3.63, 3.8) is 0 Å². The summed E-state index contributed by atoms with van der Waals surface area (Å²) in [6, 6.07) is 2.39. The van der Waals surface area contributed by atoms with Gasteiger partial charge in [-0.15, -0.1) is 5.10 Å². The minimum absolute atomic E-state index is 0.123. The third-order valence-corrected chi connectivity index (χ3v) is 6.61. The summed E-state index contributed by atoms with van der Waals surface area (Å²) in [7, 11) is 0. The van der Waals surface area contributed by atoms with Gasteiger partial charge in [0, 0.05) is 37.1 Å². The van der Waals surface area contributed by atoms with Gasteiger partial charge >= 0.3 is 0 Å². The Hall–Kier alpha value is -2.31. The highest BCUT2D eigenvalue weighted by molar-refractivity contribution is 7.99. The highest BCUT2D eigenvalue weighted by Crippen LogP contribution is 2.36. The van der Waals surface area contributed by atoms with Crippen molar-refractivity contribution in [1.82, 2.24) is 40.1 Å². The Balaban J connectivity index is 1.09. The quantitative estimate of drug-likeness (QED) is 0.514. The van der Waals surface area contributed by atoms with E-state index >= 15 is 0 Å². The molecule has 2 fully saturated rings. The third kappa shape index (κ3) is 4.33. The minimum Gasteiger partial charge on any atom is -0.339 e. The molecule has 2 aliphatic rings. The molecule has 3 aromatic rings. The van der Waals surface area contributed by atoms with E-state index in [-0.39, 0.29) is 5.91 Å². The highest BCUT2D eigenvalue weighted by atomic mass is 32.2. The predicted octanol–water partition coefficient (Wildman–Crippen LogP) is 1.56. The number of nitrogens with zero attached hydrogens (tertiary/aromatic N) is 8. The topological polar surface area (TPSA) is 106 Å². The first kappa shape index (κ1) is 18.7. The number of amides is 1. The molecule has 29 heavy (non-hydrogen) atoms. The van der Waals surface area contributed by atoms with Gasteiger partial charge in [-0.1, -0.05) is 16.9 Å². The van der Waals surface area contributed by atoms with Crippen molar-refractivity contribution < 1.29 is 9.32 Å². The zero-order valence-electron chi connectivity index (χ0n) is 15.7. The Morgan fingerprint density at radius 3 is 2.90 bits per heavy atom. The van der Waals surface area contributed by atoms with Crippen LogP contribution in [0.4, 0.5) is 0 Å². The second kappa shape index (κ2) is 8.20. The van der Waals surface area contributed by atoms with Crippen molar-refractivity contribution in [3.8, 4) is 11.4 Å². The summed E-state index contributed by atoms with van der Waals surface area (Å²) in [5.74, 6) is 1.72. The number of hydrogen-bond donors (Lipinski definition) is 0. The van der Waals surface area contributed by atoms with E-state index < -0.39 is 0 Å². The van der Waals surface area contributed by atoms with E-state index in [0.717, 1.165) is 36.7 Å². The van der Waals surface area contributed by atoms with Gasteiger partial charge in [-0.25, -0.2) is 4.68 Å². The first-order valence-corrected chi connectivity index (χ1v) is 11.4. The van der Waals surface area contributed by atoms with Crippen LogP contribution >= 0.6 is 23.1 Å². The lowest BCUT2D eigenvalue weighted by atomic mass is 10.3. The molecule has 0 aromatic carbocycles. The standard InChI is InChI=1S/C17H20N8O2S2/c26-15(11-29-17-19-21-22-25(17)13-1-2-13)24-6-4-23(5-7-24)9-14-18-16(20-27-14)12-3-8-28-10-12/h3,8,10,13H,1-2,4-7,9,11H2. The Kier molecular flexibility index (Phi) is 5.29. The molecule has 152 valence electrons. The fourth-order valence-electron chi connectivity index (χ4n) is 3.22. The van der Waals surface area contributed by atoms with Gasteiger partial charge in [0.15, 0.2) is 0 Å². The van der Waals surface area contributed by atoms with Crippen molar-refractivity contribution in [2.45, 2.75) is 30.6 Å². The molecule has 3 aromatic heterocycles. The normalized spacial score (nSPS) is 17.7. The number of rotatable bonds is 7. The van der Waals surface area contributed by atoms with Crippen molar-refractivity contribution in [3.05, 3.63) is 22.7 Å². The number of thioether (sulfide) groups is 1. The lowest BCUT2D eigenvalue weighted by molar-refractivity contribution is -0.130. The van der Waals surface area contributed by atoms with Crippen LogP contribution in [0, 0.1) is 0 Å². The summed E-state index contributed by atoms with van der Waals surface area (Å²) >= 11 is 3.03. The van der Waals surface area contributed by atoms with Crippen LogP contribution in [-0.4, -0.2) is 78.0 Å². The largest absolute Gasteiger partial charge is 0.339 e. The maximum Gasteiger partial charge on any atom is 0.241 e. The molecule has 1 aliphatic carbocycles. The molecule has 1 saturated heterocycles. The van der Waals surface area contributed by atoms with Crippen LogP contribution in [0.5, 0.6) is 0 Å². The van der Waals surface area contributed by atoms with Crippen LogP contribution < -0.4 is 0 Å². The lowest BCUT2D eigenvalue weighted by Gasteiger charge is -2.33. The first-order chi connectivity index (χ1) is 14.3. The predicted molar refractivity (Wildman–Crippen MR) is 106 cm³/mol. The van der Waals surface area contributed by atoms with Crippen molar-refractivity contribution in [2.24, 2.45) is 0 Å². The zero-order valence-corrected chi connectivity index (χ0v) is 17.3. The average Bonchev–Trinajstić information content (AvgIpc) is 3.16. The molecule has 0 bridgehead atoms. The Bertz CT molecular complexity index is 960. The molecule has 0 atom stereocenters. The van der Waals surface area contributed by atoms with Gasteiger partial charge in [-0.05, 0) is 34.7 Å². The molecule has 1 amide bonds. The first-order valence-electron chi connectivity index (χ1n) is 9.52. The summed E-state index contributed by atoms with van der Waals surface area (Å²) in [4.78, 5) is 21.2. The Labute approximate surface area is 175 Å². The summed E-state index contributed by atoms with van der Waals surface area (Å²) < 4.78 is 7.22. The molecule has 5 rings (SSSR count). The molecule has 0 unspecified atom stereocenters. The summed E-state index contributed by atoms with van der Waals surface area (Å²) in [6.45, 7) is 3.56. The Morgan fingerprint density at radius 1 is 1.28 bits per heavy atom. The van der Waals surface area contributed by atoms with Crippen LogP contribution in [0.2, 0.25) is 0 Å². The van der Waals surface area contributed by atoms with Crippen molar-refractivity contribution in [1.29, 1.82) is 0 Å². The number of thiophene rings is 1. The van der Waals surface area contributed by atoms with E-state index in [9.17, 15) is 4.79 Å². The SMILES string of the molecule is O=C(CSc1nnnn1C1CC1)N1CCN(Cc2nc(-c3ccsc3)no2)CC1. The van der Waals surface area contributed by atoms with Crippen molar-refractivity contribution >= 4 is 29.0 Å². The molecule has 1 saturated carbocycles. The van der Waals surface area contributed by atoms with E-state index in [1.165, 1.54) is 11.8 Å². The smallest absolute Gasteiger partial charge is 0.241 e. The van der Waals surface area contributed by atoms with E-state index in [1.54, 1.807) is 11.3 Å². The maximum absolute atomic E-state index is 12.6. The number of piperazine rings is 1. The van der Waals surface area contributed by atoms with Crippen LogP contribution in [0.1, 0.15) is 24.8 Å². The highest BCUT2D eigenvalue weighted by Gasteiger charge is 2.29. The van der Waals surface area contributed by atoms with Gasteiger partial charge in [-0.3, -0.25) is 9.69 Å². The third-order valence-electron chi connectivity index (χ3n) is 5.01.